The van der Waals surface area contributed by atoms with Crippen LogP contribution in [0, 0.1) is 0 Å². The largest absolute Gasteiger partial charge is 0.302 e. The van der Waals surface area contributed by atoms with Crippen molar-refractivity contribution in [3.63, 3.8) is 0 Å². The first kappa shape index (κ1) is 28.9. The zero-order chi connectivity index (χ0) is 33.0. The van der Waals surface area contributed by atoms with Crippen molar-refractivity contribution in [2.24, 2.45) is 0 Å². The van der Waals surface area contributed by atoms with Crippen LogP contribution in [0.1, 0.15) is 11.5 Å². The minimum atomic E-state index is 0.111. The van der Waals surface area contributed by atoms with Gasteiger partial charge in [0.1, 0.15) is 0 Å². The van der Waals surface area contributed by atoms with Gasteiger partial charge >= 0.3 is 0 Å². The van der Waals surface area contributed by atoms with Crippen molar-refractivity contribution in [3.8, 4) is 44.6 Å². The number of anilines is 2. The van der Waals surface area contributed by atoms with Gasteiger partial charge in [-0.25, -0.2) is 9.97 Å². The van der Waals surface area contributed by atoms with E-state index < -0.39 is 0 Å². The van der Waals surface area contributed by atoms with E-state index in [0.29, 0.717) is 0 Å². The van der Waals surface area contributed by atoms with Gasteiger partial charge in [0.2, 0.25) is 5.95 Å². The van der Waals surface area contributed by atoms with E-state index in [1.54, 1.807) is 0 Å². The Hall–Kier alpha value is -6.10. The molecule has 3 heterocycles. The smallest absolute Gasteiger partial charge is 0.231 e. The van der Waals surface area contributed by atoms with E-state index in [4.69, 9.17) is 9.97 Å². The predicted molar refractivity (Wildman–Crippen MR) is 210 cm³/mol. The fourth-order valence-corrected chi connectivity index (χ4v) is 8.92. The molecule has 8 aromatic rings. The third-order valence-electron chi connectivity index (χ3n) is 10.1. The van der Waals surface area contributed by atoms with Crippen molar-refractivity contribution in [3.05, 3.63) is 182 Å². The Morgan fingerprint density at radius 3 is 2.12 bits per heavy atom. The Morgan fingerprint density at radius 1 is 0.540 bits per heavy atom. The summed E-state index contributed by atoms with van der Waals surface area (Å²) in [6, 6.07) is 52.4. The molecule has 0 fully saturated rings. The average molecular weight is 658 g/mol. The summed E-state index contributed by atoms with van der Waals surface area (Å²) in [5, 5.41) is 2.65. The molecule has 3 nitrogen and oxygen atoms in total. The number of rotatable bonds is 5. The van der Waals surface area contributed by atoms with E-state index in [9.17, 15) is 0 Å². The number of aromatic nitrogens is 2. The Morgan fingerprint density at radius 2 is 1.24 bits per heavy atom. The summed E-state index contributed by atoms with van der Waals surface area (Å²) in [7, 11) is 0. The van der Waals surface area contributed by atoms with Crippen LogP contribution in [0.5, 0.6) is 0 Å². The molecule has 0 radical (unpaired) electrons. The fourth-order valence-electron chi connectivity index (χ4n) is 7.68. The topological polar surface area (TPSA) is 29.0 Å². The molecular formula is C46H31N3S. The highest BCUT2D eigenvalue weighted by molar-refractivity contribution is 7.26. The number of hydrogen-bond donors (Lipinski definition) is 0. The summed E-state index contributed by atoms with van der Waals surface area (Å²) >= 11 is 1.88. The van der Waals surface area contributed by atoms with Gasteiger partial charge in [-0.2, -0.15) is 0 Å². The van der Waals surface area contributed by atoms with Crippen LogP contribution in [0.3, 0.4) is 0 Å². The SMILES string of the molecule is C1=CC2c3cc(-c4cccc5c4sc4ccccc45)ccc3N(c3nccc(-c4ccc(-c5cccc(-c6ccccc6)c5)cc4)n3)C2C=C1. The lowest BCUT2D eigenvalue weighted by molar-refractivity contribution is 0.730. The summed E-state index contributed by atoms with van der Waals surface area (Å²) in [6.45, 7) is 0. The molecule has 2 unspecified atom stereocenters. The molecule has 2 aliphatic rings. The van der Waals surface area contributed by atoms with Crippen molar-refractivity contribution in [2.45, 2.75) is 12.0 Å². The van der Waals surface area contributed by atoms with Crippen LogP contribution in [0.15, 0.2) is 176 Å². The van der Waals surface area contributed by atoms with E-state index in [0.717, 1.165) is 22.9 Å². The maximum Gasteiger partial charge on any atom is 0.231 e. The molecule has 2 atom stereocenters. The maximum absolute atomic E-state index is 5.18. The summed E-state index contributed by atoms with van der Waals surface area (Å²) in [4.78, 5) is 12.3. The number of nitrogens with zero attached hydrogens (tertiary/aromatic N) is 3. The second kappa shape index (κ2) is 11.8. The van der Waals surface area contributed by atoms with Gasteiger partial charge in [-0.1, -0.05) is 140 Å². The summed E-state index contributed by atoms with van der Waals surface area (Å²) in [6.07, 6.45) is 10.8. The standard InChI is InChI=1S/C46H31N3S/c1-2-10-30(11-3-1)33-12-8-13-34(28-33)31-20-22-32(23-21-31)41-26-27-47-46(48-41)49-42-18-6-4-14-37(42)40-29-35(24-25-43(40)49)36-16-9-17-39-38-15-5-7-19-44(38)50-45(36)39/h1-29,37,42H. The Labute approximate surface area is 295 Å². The molecule has 10 rings (SSSR count). The molecule has 2 aromatic heterocycles. The van der Waals surface area contributed by atoms with Gasteiger partial charge in [0, 0.05) is 43.5 Å². The molecule has 236 valence electrons. The Kier molecular flexibility index (Phi) is 6.81. The summed E-state index contributed by atoms with van der Waals surface area (Å²) < 4.78 is 2.66. The van der Waals surface area contributed by atoms with Crippen LogP contribution in [0.2, 0.25) is 0 Å². The van der Waals surface area contributed by atoms with Gasteiger partial charge in [0.05, 0.1) is 11.7 Å². The highest BCUT2D eigenvalue weighted by Crippen LogP contribution is 2.49. The zero-order valence-corrected chi connectivity index (χ0v) is 28.0. The lowest BCUT2D eigenvalue weighted by Crippen LogP contribution is -2.30. The number of hydrogen-bond acceptors (Lipinski definition) is 4. The van der Waals surface area contributed by atoms with E-state index in [-0.39, 0.29) is 12.0 Å². The van der Waals surface area contributed by atoms with Gasteiger partial charge in [-0.3, -0.25) is 0 Å². The van der Waals surface area contributed by atoms with Gasteiger partial charge in [-0.05, 0) is 69.3 Å². The number of allylic oxidation sites excluding steroid dienone is 2. The fraction of sp³-hybridized carbons (Fsp3) is 0.0435. The van der Waals surface area contributed by atoms with Gasteiger partial charge in [-0.15, -0.1) is 11.3 Å². The van der Waals surface area contributed by atoms with Crippen LogP contribution in [0.25, 0.3) is 64.8 Å². The van der Waals surface area contributed by atoms with E-state index >= 15 is 0 Å². The first-order chi connectivity index (χ1) is 24.8. The normalized spacial score (nSPS) is 16.2. The molecule has 0 amide bonds. The van der Waals surface area contributed by atoms with Crippen LogP contribution < -0.4 is 4.90 Å². The lowest BCUT2D eigenvalue weighted by atomic mass is 9.89. The molecule has 0 saturated heterocycles. The molecule has 6 aromatic carbocycles. The quantitative estimate of drug-likeness (QED) is 0.184. The maximum atomic E-state index is 5.18. The highest BCUT2D eigenvalue weighted by Gasteiger charge is 2.39. The lowest BCUT2D eigenvalue weighted by Gasteiger charge is -2.26. The van der Waals surface area contributed by atoms with E-state index in [1.807, 2.05) is 23.6 Å². The Balaban J connectivity index is 0.995. The van der Waals surface area contributed by atoms with E-state index in [2.05, 4.69) is 169 Å². The molecular weight excluding hydrogens is 627 g/mol. The van der Waals surface area contributed by atoms with Crippen molar-refractivity contribution in [1.82, 2.24) is 9.97 Å². The van der Waals surface area contributed by atoms with Crippen LogP contribution >= 0.6 is 11.3 Å². The molecule has 0 N–H and O–H groups in total. The van der Waals surface area contributed by atoms with Crippen LogP contribution in [-0.2, 0) is 0 Å². The summed E-state index contributed by atoms with van der Waals surface area (Å²) in [5.41, 5.74) is 11.8. The molecule has 0 bridgehead atoms. The van der Waals surface area contributed by atoms with Crippen LogP contribution in [0.4, 0.5) is 11.6 Å². The molecule has 1 aliphatic carbocycles. The van der Waals surface area contributed by atoms with Crippen molar-refractivity contribution >= 4 is 43.1 Å². The number of thiophene rings is 1. The third kappa shape index (κ3) is 4.80. The van der Waals surface area contributed by atoms with Gasteiger partial charge in [0.25, 0.3) is 0 Å². The van der Waals surface area contributed by atoms with Crippen molar-refractivity contribution in [2.75, 3.05) is 4.90 Å². The summed E-state index contributed by atoms with van der Waals surface area (Å²) in [5.74, 6) is 0.935. The number of benzene rings is 6. The second-order valence-corrected chi connectivity index (χ2v) is 14.0. The van der Waals surface area contributed by atoms with Crippen molar-refractivity contribution in [1.29, 1.82) is 0 Å². The minimum absolute atomic E-state index is 0.111. The molecule has 0 spiro atoms. The number of fused-ring (bicyclic) bond motifs is 6. The monoisotopic (exact) mass is 657 g/mol. The third-order valence-corrected chi connectivity index (χ3v) is 11.3. The first-order valence-electron chi connectivity index (χ1n) is 17.1. The second-order valence-electron chi connectivity index (χ2n) is 13.0. The first-order valence-corrected chi connectivity index (χ1v) is 17.9. The van der Waals surface area contributed by atoms with Gasteiger partial charge in [0.15, 0.2) is 0 Å². The molecule has 1 aliphatic heterocycles. The van der Waals surface area contributed by atoms with E-state index in [1.165, 1.54) is 59.1 Å². The molecule has 50 heavy (non-hydrogen) atoms. The predicted octanol–water partition coefficient (Wildman–Crippen LogP) is 12.2. The molecule has 0 saturated carbocycles. The van der Waals surface area contributed by atoms with Crippen molar-refractivity contribution < 1.29 is 0 Å². The van der Waals surface area contributed by atoms with Crippen LogP contribution in [-0.4, -0.2) is 16.0 Å². The van der Waals surface area contributed by atoms with Gasteiger partial charge < -0.3 is 4.90 Å². The zero-order valence-electron chi connectivity index (χ0n) is 27.1. The average Bonchev–Trinajstić information content (AvgIpc) is 3.74. The highest BCUT2D eigenvalue weighted by atomic mass is 32.1. The Bertz CT molecular complexity index is 2620. The molecule has 4 heteroatoms. The minimum Gasteiger partial charge on any atom is -0.302 e.